The lowest BCUT2D eigenvalue weighted by Crippen LogP contribution is -2.13. The van der Waals surface area contributed by atoms with Crippen LogP contribution in [-0.4, -0.2) is 12.5 Å². The van der Waals surface area contributed by atoms with E-state index in [1.807, 2.05) is 69.3 Å². The fraction of sp³-hybridized carbons (Fsp3) is 0.185. The van der Waals surface area contributed by atoms with Crippen molar-refractivity contribution < 1.29 is 14.3 Å². The van der Waals surface area contributed by atoms with Gasteiger partial charge in [-0.2, -0.15) is 5.26 Å². The number of nitrogens with zero attached hydrogens (tertiary/aromatic N) is 1. The molecule has 1 atom stereocenters. The fourth-order valence-electron chi connectivity index (χ4n) is 3.11. The number of aryl methyl sites for hydroxylation is 1. The van der Waals surface area contributed by atoms with Crippen LogP contribution >= 0.6 is 0 Å². The van der Waals surface area contributed by atoms with Gasteiger partial charge in [-0.3, -0.25) is 4.79 Å². The van der Waals surface area contributed by atoms with Crippen LogP contribution in [0.15, 0.2) is 78.4 Å². The van der Waals surface area contributed by atoms with Crippen molar-refractivity contribution in [1.82, 2.24) is 0 Å². The number of ether oxygens (including phenoxy) is 2. The van der Waals surface area contributed by atoms with Crippen LogP contribution in [0.1, 0.15) is 36.6 Å². The van der Waals surface area contributed by atoms with Crippen LogP contribution < -0.4 is 14.8 Å². The second-order valence-corrected chi connectivity index (χ2v) is 7.30. The number of amides is 1. The summed E-state index contributed by atoms with van der Waals surface area (Å²) in [4.78, 5) is 12.6. The van der Waals surface area contributed by atoms with Crippen molar-refractivity contribution in [3.63, 3.8) is 0 Å². The summed E-state index contributed by atoms with van der Waals surface area (Å²) in [6.45, 7) is 6.29. The lowest BCUT2D eigenvalue weighted by molar-refractivity contribution is -0.112. The molecule has 0 aliphatic carbocycles. The number of hydrogen-bond donors (Lipinski definition) is 1. The highest BCUT2D eigenvalue weighted by atomic mass is 16.5. The van der Waals surface area contributed by atoms with Crippen LogP contribution in [0.5, 0.6) is 11.5 Å². The molecule has 5 heteroatoms. The quantitative estimate of drug-likeness (QED) is 0.350. The van der Waals surface area contributed by atoms with E-state index >= 15 is 0 Å². The van der Waals surface area contributed by atoms with Crippen LogP contribution in [0.25, 0.3) is 6.08 Å². The zero-order chi connectivity index (χ0) is 22.9. The molecule has 0 saturated carbocycles. The van der Waals surface area contributed by atoms with E-state index in [4.69, 9.17) is 9.47 Å². The molecule has 162 valence electrons. The summed E-state index contributed by atoms with van der Waals surface area (Å²) in [5.74, 6) is 0.690. The zero-order valence-electron chi connectivity index (χ0n) is 18.5. The molecule has 0 aromatic heterocycles. The molecule has 0 fully saturated rings. The molecule has 0 bridgehead atoms. The van der Waals surface area contributed by atoms with Gasteiger partial charge in [0.1, 0.15) is 17.7 Å². The van der Waals surface area contributed by atoms with Crippen LogP contribution in [0, 0.1) is 18.3 Å². The Hall–Kier alpha value is -4.04. The Morgan fingerprint density at radius 1 is 1.06 bits per heavy atom. The average molecular weight is 427 g/mol. The van der Waals surface area contributed by atoms with E-state index in [2.05, 4.69) is 5.32 Å². The molecule has 5 nitrogen and oxygen atoms in total. The van der Waals surface area contributed by atoms with Crippen molar-refractivity contribution in [2.45, 2.75) is 26.9 Å². The lowest BCUT2D eigenvalue weighted by Gasteiger charge is -2.18. The number of carbonyl (C=O) groups is 1. The van der Waals surface area contributed by atoms with Gasteiger partial charge in [-0.15, -0.1) is 0 Å². The van der Waals surface area contributed by atoms with E-state index in [0.717, 1.165) is 11.1 Å². The highest BCUT2D eigenvalue weighted by molar-refractivity contribution is 6.09. The molecule has 32 heavy (non-hydrogen) atoms. The Morgan fingerprint density at radius 2 is 1.78 bits per heavy atom. The lowest BCUT2D eigenvalue weighted by atomic mass is 10.1. The van der Waals surface area contributed by atoms with Gasteiger partial charge < -0.3 is 14.8 Å². The largest absolute Gasteiger partial charge is 0.490 e. The Labute approximate surface area is 188 Å². The van der Waals surface area contributed by atoms with Gasteiger partial charge in [0, 0.05) is 5.69 Å². The summed E-state index contributed by atoms with van der Waals surface area (Å²) >= 11 is 0. The molecular formula is C27H26N2O3. The van der Waals surface area contributed by atoms with E-state index in [1.165, 1.54) is 6.08 Å². The molecule has 0 spiro atoms. The summed E-state index contributed by atoms with van der Waals surface area (Å²) < 4.78 is 11.9. The van der Waals surface area contributed by atoms with Crippen LogP contribution in [0.2, 0.25) is 0 Å². The van der Waals surface area contributed by atoms with Gasteiger partial charge in [0.15, 0.2) is 11.5 Å². The Kier molecular flexibility index (Phi) is 7.66. The van der Waals surface area contributed by atoms with Crippen molar-refractivity contribution >= 4 is 17.7 Å². The summed E-state index contributed by atoms with van der Waals surface area (Å²) in [7, 11) is 0. The number of anilines is 1. The topological polar surface area (TPSA) is 71.3 Å². The van der Waals surface area contributed by atoms with Crippen LogP contribution in [0.4, 0.5) is 5.69 Å². The molecule has 0 radical (unpaired) electrons. The number of nitrogens with one attached hydrogen (secondary N) is 1. The highest BCUT2D eigenvalue weighted by Crippen LogP contribution is 2.33. The normalized spacial score (nSPS) is 11.9. The van der Waals surface area contributed by atoms with E-state index < -0.39 is 5.91 Å². The second kappa shape index (κ2) is 10.8. The maximum Gasteiger partial charge on any atom is 0.266 e. The van der Waals surface area contributed by atoms with Gasteiger partial charge in [0.25, 0.3) is 5.91 Å². The van der Waals surface area contributed by atoms with Gasteiger partial charge in [-0.25, -0.2) is 0 Å². The fourth-order valence-corrected chi connectivity index (χ4v) is 3.11. The molecule has 3 aromatic carbocycles. The minimum Gasteiger partial charge on any atom is -0.490 e. The first-order valence-corrected chi connectivity index (χ1v) is 10.5. The summed E-state index contributed by atoms with van der Waals surface area (Å²) in [6, 6.07) is 24.7. The smallest absolute Gasteiger partial charge is 0.266 e. The molecule has 0 aliphatic heterocycles. The average Bonchev–Trinajstić information content (AvgIpc) is 2.81. The first-order chi connectivity index (χ1) is 15.5. The van der Waals surface area contributed by atoms with Crippen molar-refractivity contribution in [3.8, 4) is 17.6 Å². The minimum absolute atomic E-state index is 0.000606. The third-order valence-electron chi connectivity index (χ3n) is 4.83. The van der Waals surface area contributed by atoms with Crippen LogP contribution in [-0.2, 0) is 4.79 Å². The molecule has 0 saturated heterocycles. The molecule has 1 amide bonds. The Morgan fingerprint density at radius 3 is 2.44 bits per heavy atom. The summed E-state index contributed by atoms with van der Waals surface area (Å²) in [5, 5.41) is 12.3. The Bertz CT molecular complexity index is 1130. The number of rotatable bonds is 8. The third-order valence-corrected chi connectivity index (χ3v) is 4.83. The maximum atomic E-state index is 12.6. The third kappa shape index (κ3) is 5.99. The Balaban J connectivity index is 1.81. The number of benzene rings is 3. The van der Waals surface area contributed by atoms with Gasteiger partial charge in [0.2, 0.25) is 0 Å². The van der Waals surface area contributed by atoms with E-state index in [0.29, 0.717) is 29.4 Å². The van der Waals surface area contributed by atoms with Gasteiger partial charge in [0.05, 0.1) is 6.61 Å². The molecular weight excluding hydrogens is 400 g/mol. The molecule has 1 unspecified atom stereocenters. The second-order valence-electron chi connectivity index (χ2n) is 7.30. The van der Waals surface area contributed by atoms with Crippen LogP contribution in [0.3, 0.4) is 0 Å². The monoisotopic (exact) mass is 426 g/mol. The first-order valence-electron chi connectivity index (χ1n) is 10.5. The van der Waals surface area contributed by atoms with Crippen molar-refractivity contribution in [1.29, 1.82) is 5.26 Å². The SMILES string of the molecule is CCOc1cc(C=C(C#N)C(=O)Nc2ccc(C)cc2)ccc1OC(C)c1ccccc1. The van der Waals surface area contributed by atoms with E-state index in [-0.39, 0.29) is 11.7 Å². The molecule has 0 heterocycles. The van der Waals surface area contributed by atoms with Crippen molar-refractivity contribution in [3.05, 3.63) is 95.1 Å². The number of carbonyl (C=O) groups excluding carboxylic acids is 1. The first kappa shape index (κ1) is 22.6. The predicted octanol–water partition coefficient (Wildman–Crippen LogP) is 6.08. The number of nitriles is 1. The summed E-state index contributed by atoms with van der Waals surface area (Å²) in [6.07, 6.45) is 1.38. The number of hydrogen-bond acceptors (Lipinski definition) is 4. The van der Waals surface area contributed by atoms with Gasteiger partial charge in [-0.1, -0.05) is 54.1 Å². The standard InChI is InChI=1S/C27H26N2O3/c1-4-31-26-17-21(12-15-25(26)32-20(3)22-8-6-5-7-9-22)16-23(18-28)27(30)29-24-13-10-19(2)11-14-24/h5-17,20H,4H2,1-3H3,(H,29,30). The predicted molar refractivity (Wildman–Crippen MR) is 126 cm³/mol. The zero-order valence-corrected chi connectivity index (χ0v) is 18.5. The highest BCUT2D eigenvalue weighted by Gasteiger charge is 2.14. The molecule has 3 aromatic rings. The minimum atomic E-state index is -0.465. The van der Waals surface area contributed by atoms with Gasteiger partial charge >= 0.3 is 0 Å². The summed E-state index contributed by atoms with van der Waals surface area (Å²) in [5.41, 5.74) is 3.45. The molecule has 0 aliphatic rings. The molecule has 1 N–H and O–H groups in total. The van der Waals surface area contributed by atoms with E-state index in [9.17, 15) is 10.1 Å². The van der Waals surface area contributed by atoms with E-state index in [1.54, 1.807) is 30.3 Å². The van der Waals surface area contributed by atoms with Gasteiger partial charge in [-0.05, 0) is 62.2 Å². The van der Waals surface area contributed by atoms with Crippen molar-refractivity contribution in [2.75, 3.05) is 11.9 Å². The molecule has 3 rings (SSSR count). The van der Waals surface area contributed by atoms with Crippen molar-refractivity contribution in [2.24, 2.45) is 0 Å². The maximum absolute atomic E-state index is 12.6.